The molecule has 0 spiro atoms. The van der Waals surface area contributed by atoms with Crippen molar-refractivity contribution in [1.29, 1.82) is 0 Å². The van der Waals surface area contributed by atoms with Crippen LogP contribution in [0.25, 0.3) is 0 Å². The number of thioether (sulfide) groups is 1. The van der Waals surface area contributed by atoms with Crippen molar-refractivity contribution in [3.63, 3.8) is 0 Å². The fourth-order valence-corrected chi connectivity index (χ4v) is 2.28. The van der Waals surface area contributed by atoms with Gasteiger partial charge in [0, 0.05) is 11.8 Å². The molecule has 0 heterocycles. The molecule has 0 fully saturated rings. The van der Waals surface area contributed by atoms with E-state index in [-0.39, 0.29) is 17.9 Å². The lowest BCUT2D eigenvalue weighted by molar-refractivity contribution is -0.119. The Hall–Kier alpha value is -1.49. The minimum Gasteiger partial charge on any atom is -0.465 e. The van der Waals surface area contributed by atoms with Gasteiger partial charge in [-0.05, 0) is 31.5 Å². The SMILES string of the molecule is COC(=O)c1ccc(CSCC(=O)NC(C)C)cc1. The van der Waals surface area contributed by atoms with E-state index in [0.29, 0.717) is 11.3 Å². The van der Waals surface area contributed by atoms with Gasteiger partial charge in [-0.15, -0.1) is 11.8 Å². The molecule has 0 aliphatic heterocycles. The van der Waals surface area contributed by atoms with Crippen molar-refractivity contribution in [1.82, 2.24) is 5.32 Å². The molecule has 1 rings (SSSR count). The lowest BCUT2D eigenvalue weighted by Crippen LogP contribution is -2.31. The zero-order chi connectivity index (χ0) is 14.3. The molecule has 4 nitrogen and oxygen atoms in total. The molecule has 0 saturated heterocycles. The summed E-state index contributed by atoms with van der Waals surface area (Å²) in [4.78, 5) is 22.7. The van der Waals surface area contributed by atoms with Crippen LogP contribution in [0.4, 0.5) is 0 Å². The Labute approximate surface area is 117 Å². The molecule has 0 bridgehead atoms. The van der Waals surface area contributed by atoms with Gasteiger partial charge in [0.15, 0.2) is 0 Å². The van der Waals surface area contributed by atoms with Crippen molar-refractivity contribution >= 4 is 23.6 Å². The zero-order valence-electron chi connectivity index (χ0n) is 11.4. The normalized spacial score (nSPS) is 10.3. The van der Waals surface area contributed by atoms with E-state index >= 15 is 0 Å². The van der Waals surface area contributed by atoms with E-state index in [2.05, 4.69) is 10.1 Å². The van der Waals surface area contributed by atoms with Gasteiger partial charge >= 0.3 is 5.97 Å². The van der Waals surface area contributed by atoms with Crippen LogP contribution >= 0.6 is 11.8 Å². The highest BCUT2D eigenvalue weighted by atomic mass is 32.2. The van der Waals surface area contributed by atoms with E-state index in [1.165, 1.54) is 7.11 Å². The second-order valence-corrected chi connectivity index (χ2v) is 5.39. The van der Waals surface area contributed by atoms with Crippen molar-refractivity contribution in [2.24, 2.45) is 0 Å². The molecule has 104 valence electrons. The fourth-order valence-electron chi connectivity index (χ4n) is 1.48. The maximum absolute atomic E-state index is 11.4. The number of hydrogen-bond donors (Lipinski definition) is 1. The third kappa shape index (κ3) is 5.79. The molecule has 1 amide bonds. The molecule has 1 aromatic rings. The van der Waals surface area contributed by atoms with Gasteiger partial charge in [0.1, 0.15) is 0 Å². The van der Waals surface area contributed by atoms with Crippen molar-refractivity contribution in [2.45, 2.75) is 25.6 Å². The van der Waals surface area contributed by atoms with Gasteiger partial charge in [-0.25, -0.2) is 4.79 Å². The Morgan fingerprint density at radius 3 is 2.42 bits per heavy atom. The van der Waals surface area contributed by atoms with E-state index in [0.717, 1.165) is 11.3 Å². The zero-order valence-corrected chi connectivity index (χ0v) is 12.3. The average Bonchev–Trinajstić information content (AvgIpc) is 2.37. The first-order valence-electron chi connectivity index (χ1n) is 6.07. The molecular formula is C14H19NO3S. The molecule has 19 heavy (non-hydrogen) atoms. The van der Waals surface area contributed by atoms with Gasteiger partial charge in [0.2, 0.25) is 5.91 Å². The van der Waals surface area contributed by atoms with E-state index in [1.807, 2.05) is 26.0 Å². The number of methoxy groups -OCH3 is 1. The van der Waals surface area contributed by atoms with Crippen LogP contribution in [-0.4, -0.2) is 30.8 Å². The van der Waals surface area contributed by atoms with Crippen LogP contribution in [0.1, 0.15) is 29.8 Å². The van der Waals surface area contributed by atoms with Gasteiger partial charge in [-0.2, -0.15) is 0 Å². The maximum atomic E-state index is 11.4. The Morgan fingerprint density at radius 1 is 1.26 bits per heavy atom. The Balaban J connectivity index is 2.38. The van der Waals surface area contributed by atoms with Crippen LogP contribution < -0.4 is 5.32 Å². The van der Waals surface area contributed by atoms with E-state index in [4.69, 9.17) is 0 Å². The first kappa shape index (κ1) is 15.6. The van der Waals surface area contributed by atoms with Crippen molar-refractivity contribution in [2.75, 3.05) is 12.9 Å². The van der Waals surface area contributed by atoms with Crippen LogP contribution in [0.3, 0.4) is 0 Å². The molecule has 5 heteroatoms. The summed E-state index contributed by atoms with van der Waals surface area (Å²) in [7, 11) is 1.36. The third-order valence-corrected chi connectivity index (χ3v) is 3.33. The lowest BCUT2D eigenvalue weighted by Gasteiger charge is -2.08. The smallest absolute Gasteiger partial charge is 0.337 e. The van der Waals surface area contributed by atoms with Gasteiger partial charge in [0.05, 0.1) is 18.4 Å². The Bertz CT molecular complexity index is 429. The highest BCUT2D eigenvalue weighted by Gasteiger charge is 2.06. The van der Waals surface area contributed by atoms with Gasteiger partial charge in [-0.1, -0.05) is 12.1 Å². The summed E-state index contributed by atoms with van der Waals surface area (Å²) in [6.07, 6.45) is 0. The molecule has 1 N–H and O–H groups in total. The monoisotopic (exact) mass is 281 g/mol. The van der Waals surface area contributed by atoms with Gasteiger partial charge in [-0.3, -0.25) is 4.79 Å². The van der Waals surface area contributed by atoms with Crippen molar-refractivity contribution in [3.05, 3.63) is 35.4 Å². The third-order valence-electron chi connectivity index (χ3n) is 2.33. The molecule has 0 saturated carbocycles. The molecule has 0 aromatic heterocycles. The number of nitrogens with one attached hydrogen (secondary N) is 1. The van der Waals surface area contributed by atoms with Crippen molar-refractivity contribution in [3.8, 4) is 0 Å². The van der Waals surface area contributed by atoms with Crippen LogP contribution in [0.15, 0.2) is 24.3 Å². The van der Waals surface area contributed by atoms with E-state index in [1.54, 1.807) is 23.9 Å². The molecule has 0 aliphatic rings. The van der Waals surface area contributed by atoms with Crippen LogP contribution in [-0.2, 0) is 15.3 Å². The molecule has 0 unspecified atom stereocenters. The molecular weight excluding hydrogens is 262 g/mol. The average molecular weight is 281 g/mol. The topological polar surface area (TPSA) is 55.4 Å². The number of hydrogen-bond acceptors (Lipinski definition) is 4. The van der Waals surface area contributed by atoms with Crippen LogP contribution in [0.5, 0.6) is 0 Å². The second-order valence-electron chi connectivity index (χ2n) is 4.40. The standard InChI is InChI=1S/C14H19NO3S/c1-10(2)15-13(16)9-19-8-11-4-6-12(7-5-11)14(17)18-3/h4-7,10H,8-9H2,1-3H3,(H,15,16). The van der Waals surface area contributed by atoms with E-state index < -0.39 is 0 Å². The summed E-state index contributed by atoms with van der Waals surface area (Å²) in [6.45, 7) is 3.88. The molecule has 0 atom stereocenters. The fraction of sp³-hybridized carbons (Fsp3) is 0.429. The quantitative estimate of drug-likeness (QED) is 0.812. The lowest BCUT2D eigenvalue weighted by atomic mass is 10.1. The van der Waals surface area contributed by atoms with Crippen LogP contribution in [0.2, 0.25) is 0 Å². The summed E-state index contributed by atoms with van der Waals surface area (Å²) < 4.78 is 4.63. The summed E-state index contributed by atoms with van der Waals surface area (Å²) in [5.74, 6) is 0.894. The summed E-state index contributed by atoms with van der Waals surface area (Å²) in [5, 5.41) is 2.84. The van der Waals surface area contributed by atoms with Gasteiger partial charge in [0.25, 0.3) is 0 Å². The molecule has 0 radical (unpaired) electrons. The number of rotatable bonds is 6. The predicted molar refractivity (Wildman–Crippen MR) is 77.2 cm³/mol. The number of esters is 1. The number of ether oxygens (including phenoxy) is 1. The summed E-state index contributed by atoms with van der Waals surface area (Å²) in [6, 6.07) is 7.39. The number of carbonyl (C=O) groups excluding carboxylic acids is 2. The first-order chi connectivity index (χ1) is 9.02. The molecule has 1 aromatic carbocycles. The minimum atomic E-state index is -0.337. The Kier molecular flexibility index (Phi) is 6.42. The highest BCUT2D eigenvalue weighted by Crippen LogP contribution is 2.13. The molecule has 0 aliphatic carbocycles. The number of amides is 1. The second kappa shape index (κ2) is 7.84. The minimum absolute atomic E-state index is 0.0474. The largest absolute Gasteiger partial charge is 0.465 e. The Morgan fingerprint density at radius 2 is 1.89 bits per heavy atom. The number of carbonyl (C=O) groups is 2. The van der Waals surface area contributed by atoms with E-state index in [9.17, 15) is 9.59 Å². The van der Waals surface area contributed by atoms with Gasteiger partial charge < -0.3 is 10.1 Å². The maximum Gasteiger partial charge on any atom is 0.337 e. The summed E-state index contributed by atoms with van der Waals surface area (Å²) in [5.41, 5.74) is 1.61. The van der Waals surface area contributed by atoms with Crippen molar-refractivity contribution < 1.29 is 14.3 Å². The summed E-state index contributed by atoms with van der Waals surface area (Å²) >= 11 is 1.55. The first-order valence-corrected chi connectivity index (χ1v) is 7.22. The number of benzene rings is 1. The highest BCUT2D eigenvalue weighted by molar-refractivity contribution is 7.99. The predicted octanol–water partition coefficient (Wildman–Crippen LogP) is 2.23. The van der Waals surface area contributed by atoms with Crippen LogP contribution in [0, 0.1) is 0 Å².